The van der Waals surface area contributed by atoms with Gasteiger partial charge >= 0.3 is 0 Å². The van der Waals surface area contributed by atoms with Crippen molar-refractivity contribution < 1.29 is 4.74 Å². The number of nitrogens with zero attached hydrogens (tertiary/aromatic N) is 2. The molecule has 0 aromatic heterocycles. The zero-order chi connectivity index (χ0) is 14.9. The van der Waals surface area contributed by atoms with Crippen molar-refractivity contribution >= 4 is 0 Å². The van der Waals surface area contributed by atoms with Crippen LogP contribution in [0, 0.1) is 5.92 Å². The van der Waals surface area contributed by atoms with Crippen LogP contribution in [0.15, 0.2) is 24.3 Å². The Labute approximate surface area is 134 Å². The molecule has 1 aromatic rings. The highest BCUT2D eigenvalue weighted by molar-refractivity contribution is 5.33. The molecular formula is C19H28N2O. The van der Waals surface area contributed by atoms with Crippen molar-refractivity contribution in [3.05, 3.63) is 35.4 Å². The summed E-state index contributed by atoms with van der Waals surface area (Å²) in [4.78, 5) is 5.51. The first-order chi connectivity index (χ1) is 10.8. The Hall–Kier alpha value is -0.900. The second kappa shape index (κ2) is 6.31. The van der Waals surface area contributed by atoms with Gasteiger partial charge in [-0.05, 0) is 42.7 Å². The van der Waals surface area contributed by atoms with Crippen molar-refractivity contribution in [1.29, 1.82) is 0 Å². The van der Waals surface area contributed by atoms with Crippen molar-refractivity contribution in [2.24, 2.45) is 5.92 Å². The Kier molecular flexibility index (Phi) is 4.21. The van der Waals surface area contributed by atoms with E-state index in [4.69, 9.17) is 4.74 Å². The monoisotopic (exact) mass is 300 g/mol. The summed E-state index contributed by atoms with van der Waals surface area (Å²) in [5.41, 5.74) is 3.17. The molecule has 0 amide bonds. The maximum absolute atomic E-state index is 5.31. The van der Waals surface area contributed by atoms with Crippen LogP contribution in [0.3, 0.4) is 0 Å². The molecule has 0 saturated carbocycles. The molecule has 0 N–H and O–H groups in total. The largest absolute Gasteiger partial charge is 0.383 e. The number of hydrogen-bond donors (Lipinski definition) is 0. The predicted octanol–water partition coefficient (Wildman–Crippen LogP) is 2.20. The van der Waals surface area contributed by atoms with E-state index in [1.165, 1.54) is 45.3 Å². The second-order valence-electron chi connectivity index (χ2n) is 7.37. The molecule has 1 aromatic carbocycles. The minimum absolute atomic E-state index is 0.739. The molecule has 3 heteroatoms. The van der Waals surface area contributed by atoms with Crippen molar-refractivity contribution in [1.82, 2.24) is 9.80 Å². The van der Waals surface area contributed by atoms with Crippen molar-refractivity contribution in [3.63, 3.8) is 0 Å². The molecule has 0 unspecified atom stereocenters. The van der Waals surface area contributed by atoms with Crippen molar-refractivity contribution in [2.45, 2.75) is 37.8 Å². The van der Waals surface area contributed by atoms with Gasteiger partial charge in [-0.25, -0.2) is 0 Å². The van der Waals surface area contributed by atoms with E-state index < -0.39 is 0 Å². The molecule has 3 nitrogen and oxygen atoms in total. The van der Waals surface area contributed by atoms with Crippen LogP contribution in [0.5, 0.6) is 0 Å². The molecule has 3 fully saturated rings. The predicted molar refractivity (Wildman–Crippen MR) is 89.2 cm³/mol. The molecule has 3 heterocycles. The Bertz CT molecular complexity index is 493. The van der Waals surface area contributed by atoms with Crippen LogP contribution in [-0.2, 0) is 17.6 Å². The average Bonchev–Trinajstić information content (AvgIpc) is 2.77. The van der Waals surface area contributed by atoms with E-state index in [1.807, 2.05) is 7.11 Å². The Balaban J connectivity index is 1.45. The van der Waals surface area contributed by atoms with Crippen LogP contribution >= 0.6 is 0 Å². The van der Waals surface area contributed by atoms with Gasteiger partial charge < -0.3 is 4.74 Å². The third-order valence-corrected chi connectivity index (χ3v) is 5.98. The standard InChI is InChI=1S/C19H28N2O/c1-22-9-8-20-12-15-6-7-18(20)14-21(13-15)19-10-16-4-2-3-5-17(16)11-19/h2-5,15,18-19H,6-14H2,1H3/t15-,18-/m1/s1. The van der Waals surface area contributed by atoms with E-state index in [0.717, 1.165) is 31.2 Å². The van der Waals surface area contributed by atoms with Gasteiger partial charge in [-0.15, -0.1) is 0 Å². The third-order valence-electron chi connectivity index (χ3n) is 5.98. The number of piperidine rings is 1. The summed E-state index contributed by atoms with van der Waals surface area (Å²) in [5.74, 6) is 0.860. The van der Waals surface area contributed by atoms with Crippen molar-refractivity contribution in [3.8, 4) is 0 Å². The Morgan fingerprint density at radius 2 is 1.77 bits per heavy atom. The molecule has 1 aliphatic carbocycles. The van der Waals surface area contributed by atoms with Crippen LogP contribution in [-0.4, -0.2) is 61.8 Å². The molecule has 3 aliphatic heterocycles. The van der Waals surface area contributed by atoms with E-state index in [0.29, 0.717) is 0 Å². The number of benzene rings is 1. The summed E-state index contributed by atoms with van der Waals surface area (Å²) in [6, 6.07) is 10.5. The van der Waals surface area contributed by atoms with Crippen LogP contribution in [0.1, 0.15) is 24.0 Å². The normalized spacial score (nSPS) is 29.7. The lowest BCUT2D eigenvalue weighted by molar-refractivity contribution is 0.0856. The lowest BCUT2D eigenvalue weighted by Gasteiger charge is -2.36. The van der Waals surface area contributed by atoms with Gasteiger partial charge in [0.1, 0.15) is 0 Å². The first kappa shape index (κ1) is 14.7. The summed E-state index contributed by atoms with van der Waals surface area (Å²) < 4.78 is 5.31. The van der Waals surface area contributed by atoms with Gasteiger partial charge in [0.05, 0.1) is 6.61 Å². The summed E-state index contributed by atoms with van der Waals surface area (Å²) >= 11 is 0. The van der Waals surface area contributed by atoms with Gasteiger partial charge in [-0.2, -0.15) is 0 Å². The van der Waals surface area contributed by atoms with E-state index in [9.17, 15) is 0 Å². The lowest BCUT2D eigenvalue weighted by Crippen LogP contribution is -2.46. The summed E-state index contributed by atoms with van der Waals surface area (Å²) in [7, 11) is 1.82. The van der Waals surface area contributed by atoms with Crippen LogP contribution in [0.4, 0.5) is 0 Å². The maximum atomic E-state index is 5.31. The third kappa shape index (κ3) is 2.82. The number of hydrogen-bond acceptors (Lipinski definition) is 3. The summed E-state index contributed by atoms with van der Waals surface area (Å²) in [6.45, 7) is 5.83. The van der Waals surface area contributed by atoms with Crippen LogP contribution in [0.25, 0.3) is 0 Å². The van der Waals surface area contributed by atoms with Gasteiger partial charge in [0.25, 0.3) is 0 Å². The number of rotatable bonds is 4. The minimum Gasteiger partial charge on any atom is -0.383 e. The average molecular weight is 300 g/mol. The fourth-order valence-electron chi connectivity index (χ4n) is 4.79. The Morgan fingerprint density at radius 1 is 1.00 bits per heavy atom. The molecule has 2 atom stereocenters. The fourth-order valence-corrected chi connectivity index (χ4v) is 4.79. The van der Waals surface area contributed by atoms with Gasteiger partial charge in [0.15, 0.2) is 0 Å². The van der Waals surface area contributed by atoms with E-state index >= 15 is 0 Å². The quantitative estimate of drug-likeness (QED) is 0.848. The molecule has 0 radical (unpaired) electrons. The molecule has 3 saturated heterocycles. The number of ether oxygens (including phenoxy) is 1. The highest BCUT2D eigenvalue weighted by Crippen LogP contribution is 2.32. The maximum Gasteiger partial charge on any atom is 0.0589 e. The summed E-state index contributed by atoms with van der Waals surface area (Å²) in [6.07, 6.45) is 5.32. The molecule has 0 spiro atoms. The topological polar surface area (TPSA) is 15.7 Å². The molecule has 22 heavy (non-hydrogen) atoms. The number of methoxy groups -OCH3 is 1. The highest BCUT2D eigenvalue weighted by atomic mass is 16.5. The van der Waals surface area contributed by atoms with Crippen LogP contribution < -0.4 is 0 Å². The first-order valence-electron chi connectivity index (χ1n) is 8.87. The summed E-state index contributed by atoms with van der Waals surface area (Å²) in [5, 5.41) is 0. The molecule has 5 rings (SSSR count). The zero-order valence-corrected chi connectivity index (χ0v) is 13.7. The lowest BCUT2D eigenvalue weighted by atomic mass is 9.95. The van der Waals surface area contributed by atoms with Gasteiger partial charge in [-0.3, -0.25) is 9.80 Å². The highest BCUT2D eigenvalue weighted by Gasteiger charge is 2.38. The smallest absolute Gasteiger partial charge is 0.0589 e. The van der Waals surface area contributed by atoms with E-state index in [1.54, 1.807) is 11.1 Å². The molecule has 4 aliphatic rings. The SMILES string of the molecule is COCCN1C[C@H]2CC[C@@H]1CN(C1Cc3ccccc3C1)C2. The molecule has 2 bridgehead atoms. The fraction of sp³-hybridized carbons (Fsp3) is 0.684. The Morgan fingerprint density at radius 3 is 2.50 bits per heavy atom. The van der Waals surface area contributed by atoms with Gasteiger partial charge in [0, 0.05) is 45.4 Å². The minimum atomic E-state index is 0.739. The molecular weight excluding hydrogens is 272 g/mol. The van der Waals surface area contributed by atoms with E-state index in [-0.39, 0.29) is 0 Å². The molecule has 120 valence electrons. The zero-order valence-electron chi connectivity index (χ0n) is 13.7. The second-order valence-corrected chi connectivity index (χ2v) is 7.37. The van der Waals surface area contributed by atoms with Crippen LogP contribution in [0.2, 0.25) is 0 Å². The van der Waals surface area contributed by atoms with Crippen molar-refractivity contribution in [2.75, 3.05) is 39.9 Å². The van der Waals surface area contributed by atoms with E-state index in [2.05, 4.69) is 34.1 Å². The number of fused-ring (bicyclic) bond motifs is 5. The van der Waals surface area contributed by atoms with Gasteiger partial charge in [0.2, 0.25) is 0 Å². The first-order valence-corrected chi connectivity index (χ1v) is 8.87. The van der Waals surface area contributed by atoms with Gasteiger partial charge in [-0.1, -0.05) is 24.3 Å².